The molecule has 0 atom stereocenters. The van der Waals surface area contributed by atoms with Gasteiger partial charge in [-0.25, -0.2) is 9.97 Å². The summed E-state index contributed by atoms with van der Waals surface area (Å²) in [5.74, 6) is 0.693. The maximum absolute atomic E-state index is 6.39. The largest absolute Gasteiger partial charge is 0.228 e. The second kappa shape index (κ2) is 10.8. The first-order valence-electron chi connectivity index (χ1n) is 13.6. The third-order valence-electron chi connectivity index (χ3n) is 7.34. The van der Waals surface area contributed by atoms with E-state index in [1.807, 2.05) is 42.5 Å². The first-order valence-corrected chi connectivity index (χ1v) is 14.0. The van der Waals surface area contributed by atoms with Crippen molar-refractivity contribution in [1.29, 1.82) is 0 Å². The summed E-state index contributed by atoms with van der Waals surface area (Å²) in [5, 5.41) is 3.00. The summed E-state index contributed by atoms with van der Waals surface area (Å²) in [5.41, 5.74) is 9.28. The first kappa shape index (κ1) is 25.0. The maximum Gasteiger partial charge on any atom is 0.160 e. The highest BCUT2D eigenvalue weighted by Crippen LogP contribution is 2.38. The van der Waals surface area contributed by atoms with Crippen LogP contribution in [0.4, 0.5) is 0 Å². The lowest BCUT2D eigenvalue weighted by Gasteiger charge is -2.15. The van der Waals surface area contributed by atoms with E-state index in [0.29, 0.717) is 10.8 Å². The molecule has 0 bridgehead atoms. The molecule has 0 saturated heterocycles. The van der Waals surface area contributed by atoms with Crippen molar-refractivity contribution in [3.8, 4) is 56.2 Å². The van der Waals surface area contributed by atoms with Gasteiger partial charge in [0.05, 0.1) is 11.4 Å². The van der Waals surface area contributed by atoms with Crippen molar-refractivity contribution in [1.82, 2.24) is 9.97 Å². The van der Waals surface area contributed by atoms with E-state index in [4.69, 9.17) is 21.6 Å². The number of hydrogen-bond acceptors (Lipinski definition) is 2. The Morgan fingerprint density at radius 1 is 0.390 bits per heavy atom. The molecule has 3 heteroatoms. The Balaban J connectivity index is 1.50. The average molecular weight is 545 g/mol. The predicted molar refractivity (Wildman–Crippen MR) is 172 cm³/mol. The molecule has 0 amide bonds. The number of hydrogen-bond donors (Lipinski definition) is 0. The molecular weight excluding hydrogens is 520 g/mol. The standard InChI is InChI=1S/C38H25ClN2/c39-31-18-11-17-28(23-31)30-22-29-16-7-8-20-33(29)35(24-30)37-25-36(40-38(41-37)27-14-5-2-6-15-27)34-21-10-9-19-32(34)26-12-3-1-4-13-26/h1-25H. The monoisotopic (exact) mass is 544 g/mol. The van der Waals surface area contributed by atoms with E-state index in [1.54, 1.807) is 0 Å². The van der Waals surface area contributed by atoms with Gasteiger partial charge in [0.15, 0.2) is 5.82 Å². The van der Waals surface area contributed by atoms with E-state index in [9.17, 15) is 0 Å². The Morgan fingerprint density at radius 2 is 1.00 bits per heavy atom. The van der Waals surface area contributed by atoms with E-state index in [2.05, 4.69) is 109 Å². The number of rotatable bonds is 5. The lowest BCUT2D eigenvalue weighted by Crippen LogP contribution is -1.97. The van der Waals surface area contributed by atoms with Crippen molar-refractivity contribution in [2.45, 2.75) is 0 Å². The van der Waals surface area contributed by atoms with Crippen LogP contribution in [0.1, 0.15) is 0 Å². The highest BCUT2D eigenvalue weighted by Gasteiger charge is 2.16. The molecule has 0 spiro atoms. The van der Waals surface area contributed by atoms with Crippen LogP contribution in [0.15, 0.2) is 152 Å². The molecule has 6 aromatic carbocycles. The van der Waals surface area contributed by atoms with Crippen molar-refractivity contribution in [3.05, 3.63) is 157 Å². The molecule has 0 fully saturated rings. The molecule has 0 unspecified atom stereocenters. The highest BCUT2D eigenvalue weighted by molar-refractivity contribution is 6.30. The van der Waals surface area contributed by atoms with Crippen LogP contribution < -0.4 is 0 Å². The van der Waals surface area contributed by atoms with E-state index < -0.39 is 0 Å². The molecule has 0 aliphatic heterocycles. The highest BCUT2D eigenvalue weighted by atomic mass is 35.5. The van der Waals surface area contributed by atoms with Crippen molar-refractivity contribution in [2.75, 3.05) is 0 Å². The zero-order valence-electron chi connectivity index (χ0n) is 22.2. The van der Waals surface area contributed by atoms with Gasteiger partial charge in [0.1, 0.15) is 0 Å². The van der Waals surface area contributed by atoms with Gasteiger partial charge < -0.3 is 0 Å². The van der Waals surface area contributed by atoms with Crippen molar-refractivity contribution in [3.63, 3.8) is 0 Å². The minimum atomic E-state index is 0.693. The molecule has 2 nitrogen and oxygen atoms in total. The first-order chi connectivity index (χ1) is 20.2. The fourth-order valence-corrected chi connectivity index (χ4v) is 5.56. The van der Waals surface area contributed by atoms with Gasteiger partial charge in [0.25, 0.3) is 0 Å². The zero-order chi connectivity index (χ0) is 27.6. The van der Waals surface area contributed by atoms with Crippen LogP contribution in [0, 0.1) is 0 Å². The molecule has 0 saturated carbocycles. The van der Waals surface area contributed by atoms with Crippen molar-refractivity contribution < 1.29 is 0 Å². The molecule has 7 rings (SSSR count). The van der Waals surface area contributed by atoms with Crippen LogP contribution in [-0.2, 0) is 0 Å². The molecule has 0 radical (unpaired) electrons. The molecule has 0 N–H and O–H groups in total. The number of nitrogens with zero attached hydrogens (tertiary/aromatic N) is 2. The number of aromatic nitrogens is 2. The van der Waals surface area contributed by atoms with E-state index >= 15 is 0 Å². The van der Waals surface area contributed by atoms with Gasteiger partial charge in [-0.05, 0) is 63.4 Å². The lowest BCUT2D eigenvalue weighted by atomic mass is 9.93. The van der Waals surface area contributed by atoms with Crippen LogP contribution in [0.25, 0.3) is 66.9 Å². The third kappa shape index (κ3) is 5.02. The smallest absolute Gasteiger partial charge is 0.160 e. The SMILES string of the molecule is Clc1cccc(-c2cc(-c3cc(-c4ccccc4-c4ccccc4)nc(-c4ccccc4)n3)c3ccccc3c2)c1. The van der Waals surface area contributed by atoms with E-state index in [1.165, 1.54) is 0 Å². The van der Waals surface area contributed by atoms with Gasteiger partial charge in [-0.2, -0.15) is 0 Å². The second-order valence-corrected chi connectivity index (χ2v) is 10.4. The Labute approximate surface area is 244 Å². The number of fused-ring (bicyclic) bond motifs is 1. The molecule has 194 valence electrons. The van der Waals surface area contributed by atoms with Crippen molar-refractivity contribution in [2.24, 2.45) is 0 Å². The topological polar surface area (TPSA) is 25.8 Å². The summed E-state index contributed by atoms with van der Waals surface area (Å²) in [4.78, 5) is 10.3. The third-order valence-corrected chi connectivity index (χ3v) is 7.58. The molecule has 1 aromatic heterocycles. The van der Waals surface area contributed by atoms with Gasteiger partial charge in [-0.3, -0.25) is 0 Å². The molecule has 0 aliphatic rings. The van der Waals surface area contributed by atoms with Gasteiger partial charge in [-0.1, -0.05) is 133 Å². The van der Waals surface area contributed by atoms with Crippen LogP contribution in [-0.4, -0.2) is 9.97 Å². The van der Waals surface area contributed by atoms with Crippen molar-refractivity contribution >= 4 is 22.4 Å². The Bertz CT molecular complexity index is 2000. The number of benzene rings is 6. The van der Waals surface area contributed by atoms with Gasteiger partial charge >= 0.3 is 0 Å². The summed E-state index contributed by atoms with van der Waals surface area (Å²) in [6.07, 6.45) is 0. The summed E-state index contributed by atoms with van der Waals surface area (Å²) in [6, 6.07) is 52.1. The Morgan fingerprint density at radius 3 is 1.76 bits per heavy atom. The Kier molecular flexibility index (Phi) is 6.60. The molecule has 1 heterocycles. The summed E-state index contributed by atoms with van der Waals surface area (Å²) < 4.78 is 0. The fourth-order valence-electron chi connectivity index (χ4n) is 5.37. The number of halogens is 1. The minimum absolute atomic E-state index is 0.693. The minimum Gasteiger partial charge on any atom is -0.228 e. The van der Waals surface area contributed by atoms with Gasteiger partial charge in [0, 0.05) is 21.7 Å². The van der Waals surface area contributed by atoms with Gasteiger partial charge in [-0.15, -0.1) is 0 Å². The van der Waals surface area contributed by atoms with Crippen LogP contribution in [0.3, 0.4) is 0 Å². The quantitative estimate of drug-likeness (QED) is 0.215. The summed E-state index contributed by atoms with van der Waals surface area (Å²) >= 11 is 6.39. The van der Waals surface area contributed by atoms with Gasteiger partial charge in [0.2, 0.25) is 0 Å². The molecule has 7 aromatic rings. The molecule has 0 aliphatic carbocycles. The fraction of sp³-hybridized carbons (Fsp3) is 0. The summed E-state index contributed by atoms with van der Waals surface area (Å²) in [7, 11) is 0. The van der Waals surface area contributed by atoms with E-state index in [0.717, 1.165) is 61.1 Å². The van der Waals surface area contributed by atoms with Crippen LogP contribution >= 0.6 is 11.6 Å². The Hall–Kier alpha value is -5.05. The maximum atomic E-state index is 6.39. The predicted octanol–water partition coefficient (Wildman–Crippen LogP) is 10.6. The van der Waals surface area contributed by atoms with Crippen LogP contribution in [0.5, 0.6) is 0 Å². The normalized spacial score (nSPS) is 11.0. The van der Waals surface area contributed by atoms with E-state index in [-0.39, 0.29) is 0 Å². The zero-order valence-corrected chi connectivity index (χ0v) is 23.0. The molecular formula is C38H25ClN2. The summed E-state index contributed by atoms with van der Waals surface area (Å²) in [6.45, 7) is 0. The lowest BCUT2D eigenvalue weighted by molar-refractivity contribution is 1.19. The second-order valence-electron chi connectivity index (χ2n) is 9.99. The van der Waals surface area contributed by atoms with Crippen LogP contribution in [0.2, 0.25) is 5.02 Å². The average Bonchev–Trinajstić information content (AvgIpc) is 3.05. The molecule has 41 heavy (non-hydrogen) atoms.